The van der Waals surface area contributed by atoms with E-state index in [1.165, 1.54) is 31.4 Å². The van der Waals surface area contributed by atoms with Gasteiger partial charge in [0.1, 0.15) is 11.6 Å². The summed E-state index contributed by atoms with van der Waals surface area (Å²) in [5.41, 5.74) is 0.876. The van der Waals surface area contributed by atoms with Crippen molar-refractivity contribution in [2.75, 3.05) is 7.11 Å². The van der Waals surface area contributed by atoms with Crippen LogP contribution in [0.3, 0.4) is 0 Å². The Hall–Kier alpha value is -3.66. The molecule has 2 aromatic carbocycles. The number of carbonyl (C=O) groups is 1. The number of benzene rings is 2. The maximum absolute atomic E-state index is 12.1. The number of methoxy groups -OCH3 is 1. The molecule has 0 aliphatic carbocycles. The Morgan fingerprint density at radius 1 is 1.32 bits per heavy atom. The Morgan fingerprint density at radius 3 is 2.64 bits per heavy atom. The first-order chi connectivity index (χ1) is 12.0. The van der Waals surface area contributed by atoms with Crippen LogP contribution in [0.2, 0.25) is 0 Å². The van der Waals surface area contributed by atoms with Crippen LogP contribution < -0.4 is 10.1 Å². The quantitative estimate of drug-likeness (QED) is 0.378. The molecule has 0 bridgehead atoms. The van der Waals surface area contributed by atoms with Crippen LogP contribution in [0.25, 0.3) is 6.08 Å². The highest BCUT2D eigenvalue weighted by Gasteiger charge is 2.16. The predicted molar refractivity (Wildman–Crippen MR) is 91.5 cm³/mol. The molecular weight excluding hydrogens is 322 g/mol. The van der Waals surface area contributed by atoms with Crippen LogP contribution >= 0.6 is 0 Å². The molecule has 25 heavy (non-hydrogen) atoms. The van der Waals surface area contributed by atoms with Gasteiger partial charge in [-0.1, -0.05) is 36.4 Å². The number of carbonyl (C=O) groups excluding carboxylic acids is 1. The molecule has 0 fully saturated rings. The van der Waals surface area contributed by atoms with Crippen LogP contribution in [0.1, 0.15) is 11.1 Å². The van der Waals surface area contributed by atoms with Crippen molar-refractivity contribution in [3.05, 3.63) is 75.3 Å². The standard InChI is InChI=1S/C18H15N3O4/c1-25-17-8-7-14(10-16(17)21(23)24)9-15(11-19)18(22)20-12-13-5-3-2-4-6-13/h2-10H,12H2,1H3,(H,20,22). The van der Waals surface area contributed by atoms with Crippen molar-refractivity contribution in [3.63, 3.8) is 0 Å². The number of rotatable bonds is 6. The van der Waals surface area contributed by atoms with Crippen LogP contribution in [0.5, 0.6) is 5.75 Å². The molecule has 1 amide bonds. The number of nitrogens with one attached hydrogen (secondary N) is 1. The van der Waals surface area contributed by atoms with E-state index in [-0.39, 0.29) is 23.6 Å². The van der Waals surface area contributed by atoms with Crippen molar-refractivity contribution in [2.45, 2.75) is 6.54 Å². The lowest BCUT2D eigenvalue weighted by Gasteiger charge is -2.05. The third kappa shape index (κ3) is 4.65. The van der Waals surface area contributed by atoms with Crippen molar-refractivity contribution in [1.82, 2.24) is 5.32 Å². The predicted octanol–water partition coefficient (Wildman–Crippen LogP) is 2.83. The van der Waals surface area contributed by atoms with E-state index in [9.17, 15) is 20.2 Å². The first-order valence-electron chi connectivity index (χ1n) is 7.31. The highest BCUT2D eigenvalue weighted by Crippen LogP contribution is 2.28. The van der Waals surface area contributed by atoms with Crippen LogP contribution in [0.4, 0.5) is 5.69 Å². The van der Waals surface area contributed by atoms with Gasteiger partial charge in [-0.3, -0.25) is 14.9 Å². The first kappa shape index (κ1) is 17.7. The van der Waals surface area contributed by atoms with Gasteiger partial charge in [0.2, 0.25) is 0 Å². The molecule has 7 nitrogen and oxygen atoms in total. The zero-order valence-corrected chi connectivity index (χ0v) is 13.4. The normalized spacial score (nSPS) is 10.6. The largest absolute Gasteiger partial charge is 0.490 e. The second kappa shape index (κ2) is 8.26. The van der Waals surface area contributed by atoms with Gasteiger partial charge < -0.3 is 10.1 Å². The van der Waals surface area contributed by atoms with Crippen LogP contribution in [0, 0.1) is 21.4 Å². The number of ether oxygens (including phenoxy) is 1. The van der Waals surface area contributed by atoms with E-state index in [1.807, 2.05) is 36.4 Å². The summed E-state index contributed by atoms with van der Waals surface area (Å²) in [6.45, 7) is 0.279. The minimum Gasteiger partial charge on any atom is -0.490 e. The van der Waals surface area contributed by atoms with Gasteiger partial charge in [-0.05, 0) is 23.3 Å². The maximum atomic E-state index is 12.1. The molecule has 1 N–H and O–H groups in total. The lowest BCUT2D eigenvalue weighted by Crippen LogP contribution is -2.23. The van der Waals surface area contributed by atoms with Gasteiger partial charge in [-0.25, -0.2) is 0 Å². The van der Waals surface area contributed by atoms with Crippen molar-refractivity contribution in [2.24, 2.45) is 0 Å². The smallest absolute Gasteiger partial charge is 0.311 e. The van der Waals surface area contributed by atoms with E-state index in [1.54, 1.807) is 0 Å². The zero-order chi connectivity index (χ0) is 18.2. The Morgan fingerprint density at radius 2 is 2.04 bits per heavy atom. The van der Waals surface area contributed by atoms with Crippen LogP contribution in [0.15, 0.2) is 54.1 Å². The first-order valence-corrected chi connectivity index (χ1v) is 7.31. The van der Waals surface area contributed by atoms with Crippen molar-refractivity contribution in [1.29, 1.82) is 5.26 Å². The zero-order valence-electron chi connectivity index (χ0n) is 13.4. The summed E-state index contributed by atoms with van der Waals surface area (Å²) in [4.78, 5) is 22.6. The minimum atomic E-state index is -0.586. The minimum absolute atomic E-state index is 0.106. The number of hydrogen-bond donors (Lipinski definition) is 1. The molecule has 0 saturated carbocycles. The third-order valence-electron chi connectivity index (χ3n) is 3.37. The van der Waals surface area contributed by atoms with E-state index in [2.05, 4.69) is 5.32 Å². The summed E-state index contributed by atoms with van der Waals surface area (Å²) < 4.78 is 4.92. The molecule has 0 aromatic heterocycles. The van der Waals surface area contributed by atoms with Crippen LogP contribution in [-0.2, 0) is 11.3 Å². The summed E-state index contributed by atoms with van der Waals surface area (Å²) >= 11 is 0. The molecule has 0 aliphatic rings. The van der Waals surface area contributed by atoms with E-state index in [0.717, 1.165) is 5.56 Å². The number of amides is 1. The van der Waals surface area contributed by atoms with Gasteiger partial charge in [-0.2, -0.15) is 5.26 Å². The number of nitro benzene ring substituents is 1. The summed E-state index contributed by atoms with van der Waals surface area (Å²) in [6, 6.07) is 15.3. The number of nitriles is 1. The van der Waals surface area contributed by atoms with E-state index in [0.29, 0.717) is 5.56 Å². The molecule has 0 spiro atoms. The molecular formula is C18H15N3O4. The molecule has 0 saturated heterocycles. The molecule has 7 heteroatoms. The maximum Gasteiger partial charge on any atom is 0.311 e. The highest BCUT2D eigenvalue weighted by atomic mass is 16.6. The topological polar surface area (TPSA) is 105 Å². The van der Waals surface area contributed by atoms with E-state index in [4.69, 9.17) is 4.74 Å². The van der Waals surface area contributed by atoms with Crippen molar-refractivity contribution in [3.8, 4) is 11.8 Å². The van der Waals surface area contributed by atoms with Crippen molar-refractivity contribution >= 4 is 17.7 Å². The second-order valence-corrected chi connectivity index (χ2v) is 5.03. The SMILES string of the molecule is COc1ccc(C=C(C#N)C(=O)NCc2ccccc2)cc1[N+](=O)[O-]. The molecule has 0 unspecified atom stereocenters. The van der Waals surface area contributed by atoms with Gasteiger partial charge in [0.15, 0.2) is 5.75 Å². The molecule has 0 heterocycles. The van der Waals surface area contributed by atoms with Crippen molar-refractivity contribution < 1.29 is 14.5 Å². The summed E-state index contributed by atoms with van der Waals surface area (Å²) in [7, 11) is 1.33. The monoisotopic (exact) mass is 337 g/mol. The third-order valence-corrected chi connectivity index (χ3v) is 3.37. The number of nitrogens with zero attached hydrogens (tertiary/aromatic N) is 2. The Bertz CT molecular complexity index is 854. The average Bonchev–Trinajstić information content (AvgIpc) is 2.64. The number of hydrogen-bond acceptors (Lipinski definition) is 5. The van der Waals surface area contributed by atoms with Crippen LogP contribution in [-0.4, -0.2) is 17.9 Å². The molecule has 2 aromatic rings. The lowest BCUT2D eigenvalue weighted by atomic mass is 10.1. The fourth-order valence-electron chi connectivity index (χ4n) is 2.13. The molecule has 0 aliphatic heterocycles. The summed E-state index contributed by atoms with van der Waals surface area (Å²) in [5.74, 6) is -0.445. The van der Waals surface area contributed by atoms with Gasteiger partial charge in [0, 0.05) is 12.6 Å². The highest BCUT2D eigenvalue weighted by molar-refractivity contribution is 6.01. The Kier molecular flexibility index (Phi) is 5.85. The Balaban J connectivity index is 2.19. The Labute approximate surface area is 144 Å². The van der Waals surface area contributed by atoms with Gasteiger partial charge in [-0.15, -0.1) is 0 Å². The number of nitro groups is 1. The molecule has 0 radical (unpaired) electrons. The molecule has 0 atom stereocenters. The van der Waals surface area contributed by atoms with Gasteiger partial charge in [0.05, 0.1) is 12.0 Å². The van der Waals surface area contributed by atoms with E-state index < -0.39 is 10.8 Å². The fraction of sp³-hybridized carbons (Fsp3) is 0.111. The summed E-state index contributed by atoms with van der Waals surface area (Å²) in [6.07, 6.45) is 1.30. The van der Waals surface area contributed by atoms with E-state index >= 15 is 0 Å². The average molecular weight is 337 g/mol. The fourth-order valence-corrected chi connectivity index (χ4v) is 2.13. The molecule has 126 valence electrons. The summed E-state index contributed by atoms with van der Waals surface area (Å²) in [5, 5.41) is 22.9. The lowest BCUT2D eigenvalue weighted by molar-refractivity contribution is -0.385. The van der Waals surface area contributed by atoms with Gasteiger partial charge in [0.25, 0.3) is 5.91 Å². The molecule has 2 rings (SSSR count). The second-order valence-electron chi connectivity index (χ2n) is 5.03. The van der Waals surface area contributed by atoms with Gasteiger partial charge >= 0.3 is 5.69 Å².